The van der Waals surface area contributed by atoms with Crippen LogP contribution in [-0.4, -0.2) is 13.6 Å². The van der Waals surface area contributed by atoms with Crippen LogP contribution in [0.4, 0.5) is 4.39 Å². The Morgan fingerprint density at radius 2 is 2.08 bits per heavy atom. The van der Waals surface area contributed by atoms with Crippen LogP contribution >= 0.6 is 0 Å². The zero-order chi connectivity index (χ0) is 9.68. The first-order chi connectivity index (χ1) is 6.27. The lowest BCUT2D eigenvalue weighted by Crippen LogP contribution is -2.15. The highest BCUT2D eigenvalue weighted by Gasteiger charge is 2.08. The summed E-state index contributed by atoms with van der Waals surface area (Å²) in [6, 6.07) is 8.17. The third-order valence-electron chi connectivity index (χ3n) is 1.84. The van der Waals surface area contributed by atoms with Gasteiger partial charge < -0.3 is 5.32 Å². The van der Waals surface area contributed by atoms with Gasteiger partial charge in [0.25, 0.3) is 0 Å². The van der Waals surface area contributed by atoms with Crippen molar-refractivity contribution in [1.82, 2.24) is 5.32 Å². The standard InChI is InChI=1S/C10H11FN2/c1-13-7-9(6-12)8-2-4-10(11)5-3-8/h2-5,9,13H,7H2,1H3. The molecular weight excluding hydrogens is 167 g/mol. The molecule has 0 radical (unpaired) electrons. The minimum absolute atomic E-state index is 0.203. The molecule has 0 aliphatic carbocycles. The summed E-state index contributed by atoms with van der Waals surface area (Å²) in [5.74, 6) is -0.476. The van der Waals surface area contributed by atoms with Gasteiger partial charge in [0.15, 0.2) is 0 Å². The van der Waals surface area contributed by atoms with Gasteiger partial charge in [0.2, 0.25) is 0 Å². The topological polar surface area (TPSA) is 35.8 Å². The molecule has 68 valence electrons. The van der Waals surface area contributed by atoms with Gasteiger partial charge in [-0.2, -0.15) is 5.26 Å². The summed E-state index contributed by atoms with van der Waals surface area (Å²) >= 11 is 0. The van der Waals surface area contributed by atoms with E-state index in [-0.39, 0.29) is 11.7 Å². The molecule has 0 aromatic heterocycles. The van der Waals surface area contributed by atoms with Gasteiger partial charge in [-0.1, -0.05) is 12.1 Å². The van der Waals surface area contributed by atoms with E-state index in [1.165, 1.54) is 12.1 Å². The van der Waals surface area contributed by atoms with Gasteiger partial charge >= 0.3 is 0 Å². The van der Waals surface area contributed by atoms with E-state index in [1.54, 1.807) is 19.2 Å². The number of hydrogen-bond acceptors (Lipinski definition) is 2. The first kappa shape index (κ1) is 9.69. The predicted octanol–water partition coefficient (Wildman–Crippen LogP) is 1.65. The fraction of sp³-hybridized carbons (Fsp3) is 0.300. The highest BCUT2D eigenvalue weighted by atomic mass is 19.1. The van der Waals surface area contributed by atoms with Crippen LogP contribution in [0, 0.1) is 17.1 Å². The van der Waals surface area contributed by atoms with Crippen molar-refractivity contribution in [2.75, 3.05) is 13.6 Å². The monoisotopic (exact) mass is 178 g/mol. The van der Waals surface area contributed by atoms with Gasteiger partial charge in [-0.15, -0.1) is 0 Å². The molecule has 0 bridgehead atoms. The Kier molecular flexibility index (Phi) is 3.41. The maximum atomic E-state index is 12.5. The summed E-state index contributed by atoms with van der Waals surface area (Å²) < 4.78 is 12.5. The molecule has 3 heteroatoms. The van der Waals surface area contributed by atoms with Crippen LogP contribution in [-0.2, 0) is 0 Å². The smallest absolute Gasteiger partial charge is 0.123 e. The Labute approximate surface area is 77.0 Å². The van der Waals surface area contributed by atoms with Gasteiger partial charge in [-0.3, -0.25) is 0 Å². The lowest BCUT2D eigenvalue weighted by atomic mass is 10.0. The molecule has 1 rings (SSSR count). The lowest BCUT2D eigenvalue weighted by molar-refractivity contribution is 0.625. The molecule has 0 saturated heterocycles. The Morgan fingerprint density at radius 1 is 1.46 bits per heavy atom. The van der Waals surface area contributed by atoms with Crippen LogP contribution < -0.4 is 5.32 Å². The number of rotatable bonds is 3. The average Bonchev–Trinajstić information content (AvgIpc) is 2.16. The number of nitrogens with one attached hydrogen (secondary N) is 1. The molecule has 1 aromatic carbocycles. The Bertz CT molecular complexity index is 300. The second-order valence-corrected chi connectivity index (χ2v) is 2.79. The van der Waals surface area contributed by atoms with Crippen LogP contribution in [0.2, 0.25) is 0 Å². The molecule has 2 nitrogen and oxygen atoms in total. The first-order valence-corrected chi connectivity index (χ1v) is 4.07. The van der Waals surface area contributed by atoms with Crippen molar-refractivity contribution >= 4 is 0 Å². The van der Waals surface area contributed by atoms with Crippen molar-refractivity contribution in [3.05, 3.63) is 35.6 Å². The molecule has 13 heavy (non-hydrogen) atoms. The molecule has 0 aliphatic heterocycles. The molecule has 1 atom stereocenters. The lowest BCUT2D eigenvalue weighted by Gasteiger charge is -2.07. The Morgan fingerprint density at radius 3 is 2.54 bits per heavy atom. The van der Waals surface area contributed by atoms with Crippen LogP contribution in [0.15, 0.2) is 24.3 Å². The van der Waals surface area contributed by atoms with Gasteiger partial charge in [-0.05, 0) is 24.7 Å². The molecule has 0 aliphatic rings. The zero-order valence-electron chi connectivity index (χ0n) is 7.42. The van der Waals surface area contributed by atoms with E-state index < -0.39 is 0 Å². The quantitative estimate of drug-likeness (QED) is 0.764. The van der Waals surface area contributed by atoms with Crippen molar-refractivity contribution < 1.29 is 4.39 Å². The molecular formula is C10H11FN2. The van der Waals surface area contributed by atoms with E-state index >= 15 is 0 Å². The van der Waals surface area contributed by atoms with E-state index in [0.29, 0.717) is 6.54 Å². The van der Waals surface area contributed by atoms with Crippen molar-refractivity contribution in [1.29, 1.82) is 5.26 Å². The second-order valence-electron chi connectivity index (χ2n) is 2.79. The zero-order valence-corrected chi connectivity index (χ0v) is 7.42. The molecule has 1 aromatic rings. The highest BCUT2D eigenvalue weighted by molar-refractivity contribution is 5.25. The predicted molar refractivity (Wildman–Crippen MR) is 48.7 cm³/mol. The SMILES string of the molecule is CNCC(C#N)c1ccc(F)cc1. The van der Waals surface area contributed by atoms with Crippen molar-refractivity contribution in [2.24, 2.45) is 0 Å². The Balaban J connectivity index is 2.81. The van der Waals surface area contributed by atoms with Crippen molar-refractivity contribution in [3.8, 4) is 6.07 Å². The van der Waals surface area contributed by atoms with E-state index in [9.17, 15) is 4.39 Å². The minimum atomic E-state index is -0.273. The number of nitrogens with zero attached hydrogens (tertiary/aromatic N) is 1. The summed E-state index contributed by atoms with van der Waals surface area (Å²) in [4.78, 5) is 0. The summed E-state index contributed by atoms with van der Waals surface area (Å²) in [6.45, 7) is 0.585. The van der Waals surface area contributed by atoms with E-state index in [4.69, 9.17) is 5.26 Å². The van der Waals surface area contributed by atoms with Crippen LogP contribution in [0.1, 0.15) is 11.5 Å². The summed E-state index contributed by atoms with van der Waals surface area (Å²) in [5.41, 5.74) is 0.846. The molecule has 0 heterocycles. The highest BCUT2D eigenvalue weighted by Crippen LogP contribution is 2.14. The molecule has 0 amide bonds. The van der Waals surface area contributed by atoms with E-state index in [2.05, 4.69) is 11.4 Å². The summed E-state index contributed by atoms with van der Waals surface area (Å²) in [7, 11) is 1.79. The summed E-state index contributed by atoms with van der Waals surface area (Å²) in [6.07, 6.45) is 0. The number of likely N-dealkylation sites (N-methyl/N-ethyl adjacent to an activating group) is 1. The molecule has 0 saturated carbocycles. The fourth-order valence-electron chi connectivity index (χ4n) is 1.14. The first-order valence-electron chi connectivity index (χ1n) is 4.07. The molecule has 0 spiro atoms. The maximum absolute atomic E-state index is 12.5. The van der Waals surface area contributed by atoms with E-state index in [1.807, 2.05) is 0 Å². The molecule has 1 unspecified atom stereocenters. The van der Waals surface area contributed by atoms with Crippen LogP contribution in [0.5, 0.6) is 0 Å². The largest absolute Gasteiger partial charge is 0.318 e. The molecule has 1 N–H and O–H groups in total. The van der Waals surface area contributed by atoms with Gasteiger partial charge in [-0.25, -0.2) is 4.39 Å². The van der Waals surface area contributed by atoms with Crippen molar-refractivity contribution in [2.45, 2.75) is 5.92 Å². The average molecular weight is 178 g/mol. The third-order valence-corrected chi connectivity index (χ3v) is 1.84. The minimum Gasteiger partial charge on any atom is -0.318 e. The van der Waals surface area contributed by atoms with Gasteiger partial charge in [0.05, 0.1) is 12.0 Å². The van der Waals surface area contributed by atoms with Gasteiger partial charge in [0, 0.05) is 6.54 Å². The normalized spacial score (nSPS) is 12.1. The van der Waals surface area contributed by atoms with Crippen LogP contribution in [0.25, 0.3) is 0 Å². The molecule has 0 fully saturated rings. The number of nitriles is 1. The maximum Gasteiger partial charge on any atom is 0.123 e. The number of benzene rings is 1. The van der Waals surface area contributed by atoms with E-state index in [0.717, 1.165) is 5.56 Å². The van der Waals surface area contributed by atoms with Gasteiger partial charge in [0.1, 0.15) is 5.82 Å². The van der Waals surface area contributed by atoms with Crippen LogP contribution in [0.3, 0.4) is 0 Å². The third kappa shape index (κ3) is 2.53. The fourth-order valence-corrected chi connectivity index (χ4v) is 1.14. The van der Waals surface area contributed by atoms with Crippen molar-refractivity contribution in [3.63, 3.8) is 0 Å². The Hall–Kier alpha value is -1.40. The summed E-state index contributed by atoms with van der Waals surface area (Å²) in [5, 5.41) is 11.7. The number of hydrogen-bond donors (Lipinski definition) is 1. The number of halogens is 1. The second kappa shape index (κ2) is 4.58.